The zero-order valence-corrected chi connectivity index (χ0v) is 10.3. The minimum Gasteiger partial charge on any atom is -0.107 e. The molecule has 1 heterocycles. The van der Waals surface area contributed by atoms with Crippen LogP contribution in [0.3, 0.4) is 0 Å². The van der Waals surface area contributed by atoms with E-state index in [1.54, 1.807) is 19.0 Å². The van der Waals surface area contributed by atoms with Crippen LogP contribution in [0.15, 0.2) is 0 Å². The standard InChI is InChI=1S/C12H25P/c1-3-4-5-6-9-12-10-7-8-11-13(12)2/h12H,3-11H2,1-2H3. The molecule has 1 saturated heterocycles. The van der Waals surface area contributed by atoms with E-state index in [0.29, 0.717) is 7.92 Å². The molecule has 0 N–H and O–H groups in total. The van der Waals surface area contributed by atoms with Gasteiger partial charge >= 0.3 is 0 Å². The van der Waals surface area contributed by atoms with Crippen molar-refractivity contribution in [3.63, 3.8) is 0 Å². The smallest absolute Gasteiger partial charge is 0.0212 e. The Morgan fingerprint density at radius 1 is 1.15 bits per heavy atom. The second kappa shape index (κ2) is 6.82. The van der Waals surface area contributed by atoms with Crippen molar-refractivity contribution >= 4 is 7.92 Å². The normalized spacial score (nSPS) is 29.1. The van der Waals surface area contributed by atoms with E-state index in [0.717, 1.165) is 5.66 Å². The fourth-order valence-electron chi connectivity index (χ4n) is 2.32. The number of unbranched alkanes of at least 4 members (excludes halogenated alkanes) is 3. The summed E-state index contributed by atoms with van der Waals surface area (Å²) >= 11 is 0. The Bertz CT molecular complexity index is 122. The van der Waals surface area contributed by atoms with E-state index in [9.17, 15) is 0 Å². The van der Waals surface area contributed by atoms with Crippen molar-refractivity contribution in [3.05, 3.63) is 0 Å². The van der Waals surface area contributed by atoms with Gasteiger partial charge in [0.05, 0.1) is 0 Å². The quantitative estimate of drug-likeness (QED) is 0.448. The molecule has 2 atom stereocenters. The minimum atomic E-state index is 0.424. The van der Waals surface area contributed by atoms with Gasteiger partial charge in [-0.2, -0.15) is 0 Å². The third-order valence-electron chi connectivity index (χ3n) is 3.31. The molecule has 1 heteroatoms. The first-order valence-electron chi connectivity index (χ1n) is 6.05. The van der Waals surface area contributed by atoms with E-state index < -0.39 is 0 Å². The molecular weight excluding hydrogens is 175 g/mol. The third kappa shape index (κ3) is 4.45. The van der Waals surface area contributed by atoms with Gasteiger partial charge in [0.1, 0.15) is 0 Å². The summed E-state index contributed by atoms with van der Waals surface area (Å²) in [5.74, 6) is 0. The second-order valence-corrected chi connectivity index (χ2v) is 7.17. The van der Waals surface area contributed by atoms with Crippen LogP contribution in [-0.2, 0) is 0 Å². The van der Waals surface area contributed by atoms with Gasteiger partial charge in [-0.05, 0) is 37.7 Å². The molecule has 1 rings (SSSR count). The van der Waals surface area contributed by atoms with E-state index in [2.05, 4.69) is 13.6 Å². The van der Waals surface area contributed by atoms with Crippen LogP contribution < -0.4 is 0 Å². The average Bonchev–Trinajstić information content (AvgIpc) is 2.15. The first-order chi connectivity index (χ1) is 6.34. The molecule has 1 aliphatic rings. The van der Waals surface area contributed by atoms with Crippen molar-refractivity contribution in [3.8, 4) is 0 Å². The largest absolute Gasteiger partial charge is 0.107 e. The Kier molecular flexibility index (Phi) is 6.04. The number of rotatable bonds is 5. The predicted octanol–water partition coefficient (Wildman–Crippen LogP) is 4.62. The molecule has 0 aromatic heterocycles. The van der Waals surface area contributed by atoms with Gasteiger partial charge < -0.3 is 0 Å². The van der Waals surface area contributed by atoms with Crippen LogP contribution in [0.2, 0.25) is 0 Å². The molecule has 2 unspecified atom stereocenters. The molecule has 0 aliphatic carbocycles. The topological polar surface area (TPSA) is 0 Å². The molecule has 0 nitrogen and oxygen atoms in total. The lowest BCUT2D eigenvalue weighted by Gasteiger charge is -2.29. The Balaban J connectivity index is 2.05. The molecular formula is C12H25P. The fourth-order valence-corrected chi connectivity index (χ4v) is 4.65. The van der Waals surface area contributed by atoms with Crippen LogP contribution in [0.1, 0.15) is 58.3 Å². The number of hydrogen-bond acceptors (Lipinski definition) is 0. The highest BCUT2D eigenvalue weighted by atomic mass is 31.1. The molecule has 78 valence electrons. The third-order valence-corrected chi connectivity index (χ3v) is 6.10. The highest BCUT2D eigenvalue weighted by Gasteiger charge is 2.19. The SMILES string of the molecule is CCCCCCC1CCCCP1C. The van der Waals surface area contributed by atoms with Crippen LogP contribution in [0, 0.1) is 0 Å². The highest BCUT2D eigenvalue weighted by Crippen LogP contribution is 2.46. The molecule has 0 aromatic carbocycles. The molecule has 0 radical (unpaired) electrons. The van der Waals surface area contributed by atoms with Crippen molar-refractivity contribution in [2.45, 2.75) is 63.9 Å². The van der Waals surface area contributed by atoms with E-state index in [1.807, 2.05) is 0 Å². The Morgan fingerprint density at radius 2 is 2.00 bits per heavy atom. The molecule has 0 aromatic rings. The van der Waals surface area contributed by atoms with Crippen LogP contribution in [0.4, 0.5) is 0 Å². The molecule has 13 heavy (non-hydrogen) atoms. The van der Waals surface area contributed by atoms with E-state index in [1.165, 1.54) is 38.5 Å². The summed E-state index contributed by atoms with van der Waals surface area (Å²) in [6, 6.07) is 0. The summed E-state index contributed by atoms with van der Waals surface area (Å²) in [5.41, 5.74) is 1.14. The van der Waals surface area contributed by atoms with Crippen molar-refractivity contribution in [2.24, 2.45) is 0 Å². The second-order valence-electron chi connectivity index (χ2n) is 4.48. The van der Waals surface area contributed by atoms with Gasteiger partial charge in [-0.15, -0.1) is 7.92 Å². The monoisotopic (exact) mass is 200 g/mol. The fraction of sp³-hybridized carbons (Fsp3) is 1.00. The Morgan fingerprint density at radius 3 is 2.69 bits per heavy atom. The summed E-state index contributed by atoms with van der Waals surface area (Å²) < 4.78 is 0. The van der Waals surface area contributed by atoms with Gasteiger partial charge in [-0.1, -0.05) is 39.0 Å². The Labute approximate surface area is 85.2 Å². The molecule has 0 amide bonds. The molecule has 0 bridgehead atoms. The van der Waals surface area contributed by atoms with Crippen LogP contribution in [-0.4, -0.2) is 18.5 Å². The first-order valence-corrected chi connectivity index (χ1v) is 8.09. The zero-order valence-electron chi connectivity index (χ0n) is 9.39. The lowest BCUT2D eigenvalue weighted by Crippen LogP contribution is -2.12. The first kappa shape index (κ1) is 11.5. The maximum absolute atomic E-state index is 2.53. The van der Waals surface area contributed by atoms with Crippen molar-refractivity contribution in [2.75, 3.05) is 12.8 Å². The lowest BCUT2D eigenvalue weighted by atomic mass is 10.1. The van der Waals surface area contributed by atoms with Crippen LogP contribution in [0.25, 0.3) is 0 Å². The zero-order chi connectivity index (χ0) is 9.52. The van der Waals surface area contributed by atoms with Gasteiger partial charge in [0.25, 0.3) is 0 Å². The average molecular weight is 200 g/mol. The summed E-state index contributed by atoms with van der Waals surface area (Å²) in [7, 11) is 0.424. The van der Waals surface area contributed by atoms with Crippen molar-refractivity contribution in [1.82, 2.24) is 0 Å². The molecule has 1 fully saturated rings. The summed E-state index contributed by atoms with van der Waals surface area (Å²) in [6.45, 7) is 4.83. The lowest BCUT2D eigenvalue weighted by molar-refractivity contribution is 0.565. The Hall–Kier alpha value is 0.430. The maximum atomic E-state index is 2.53. The molecule has 0 spiro atoms. The van der Waals surface area contributed by atoms with Crippen LogP contribution >= 0.6 is 7.92 Å². The number of hydrogen-bond donors (Lipinski definition) is 0. The summed E-state index contributed by atoms with van der Waals surface area (Å²) in [6.07, 6.45) is 13.5. The van der Waals surface area contributed by atoms with Gasteiger partial charge in [0, 0.05) is 0 Å². The summed E-state index contributed by atoms with van der Waals surface area (Å²) in [4.78, 5) is 0. The van der Waals surface area contributed by atoms with Gasteiger partial charge in [0.15, 0.2) is 0 Å². The van der Waals surface area contributed by atoms with Crippen molar-refractivity contribution < 1.29 is 0 Å². The van der Waals surface area contributed by atoms with Gasteiger partial charge in [-0.25, -0.2) is 0 Å². The molecule has 1 aliphatic heterocycles. The summed E-state index contributed by atoms with van der Waals surface area (Å²) in [5, 5.41) is 0. The van der Waals surface area contributed by atoms with E-state index in [-0.39, 0.29) is 0 Å². The van der Waals surface area contributed by atoms with E-state index >= 15 is 0 Å². The van der Waals surface area contributed by atoms with Gasteiger partial charge in [-0.3, -0.25) is 0 Å². The minimum absolute atomic E-state index is 0.424. The maximum Gasteiger partial charge on any atom is -0.0212 e. The van der Waals surface area contributed by atoms with Crippen LogP contribution in [0.5, 0.6) is 0 Å². The van der Waals surface area contributed by atoms with E-state index in [4.69, 9.17) is 0 Å². The highest BCUT2D eigenvalue weighted by molar-refractivity contribution is 7.57. The van der Waals surface area contributed by atoms with Crippen molar-refractivity contribution in [1.29, 1.82) is 0 Å². The molecule has 0 saturated carbocycles. The predicted molar refractivity (Wildman–Crippen MR) is 64.1 cm³/mol. The van der Waals surface area contributed by atoms with Gasteiger partial charge in [0.2, 0.25) is 0 Å².